The van der Waals surface area contributed by atoms with Gasteiger partial charge in [0.05, 0.1) is 7.11 Å². The number of hydrogen-bond donors (Lipinski definition) is 0. The monoisotopic (exact) mass is 309 g/mol. The number of esters is 2. The van der Waals surface area contributed by atoms with Crippen molar-refractivity contribution >= 4 is 11.9 Å². The summed E-state index contributed by atoms with van der Waals surface area (Å²) < 4.78 is 8.48. The number of carbonyl (C=O) groups is 2. The number of ether oxygens (including phenoxy) is 2. The van der Waals surface area contributed by atoms with E-state index in [1.54, 1.807) is 6.92 Å². The number of carbonyl (C=O) groups excluding carboxylic acids is 2. The maximum absolute atomic E-state index is 10.5. The van der Waals surface area contributed by atoms with Gasteiger partial charge in [-0.2, -0.15) is 14.0 Å². The summed E-state index contributed by atoms with van der Waals surface area (Å²) in [5.74, 6) is -0.726. The summed E-state index contributed by atoms with van der Waals surface area (Å²) in [5, 5.41) is 0. The molecule has 0 bridgehead atoms. The van der Waals surface area contributed by atoms with Crippen LogP contribution < -0.4 is 0 Å². The molecule has 0 aromatic carbocycles. The van der Waals surface area contributed by atoms with E-state index in [1.807, 2.05) is 0 Å². The van der Waals surface area contributed by atoms with E-state index in [0.29, 0.717) is 6.42 Å². The Balaban J connectivity index is -0.0000000760. The zero-order valence-corrected chi connectivity index (χ0v) is 11.6. The van der Waals surface area contributed by atoms with Crippen molar-refractivity contribution in [3.05, 3.63) is 14.0 Å². The van der Waals surface area contributed by atoms with Crippen LogP contribution in [0.4, 0.5) is 0 Å². The minimum Gasteiger partial charge on any atom is -0.640 e. The van der Waals surface area contributed by atoms with Crippen LogP contribution in [0.1, 0.15) is 41.0 Å². The van der Waals surface area contributed by atoms with Gasteiger partial charge in [0.15, 0.2) is 0 Å². The molecule has 0 heterocycles. The second-order valence-electron chi connectivity index (χ2n) is 1.95. The van der Waals surface area contributed by atoms with Crippen LogP contribution in [0.3, 0.4) is 0 Å². The fourth-order valence-electron chi connectivity index (χ4n) is 0.551. The maximum Gasteiger partial charge on any atom is 0.305 e. The Kier molecular flexibility index (Phi) is 45.3. The van der Waals surface area contributed by atoms with Crippen molar-refractivity contribution in [1.82, 2.24) is 0 Å². The van der Waals surface area contributed by atoms with E-state index in [-0.39, 0.29) is 66.4 Å². The topological polar surface area (TPSA) is 52.6 Å². The summed E-state index contributed by atoms with van der Waals surface area (Å²) in [6.07, 6.45) is 0.894. The molecule has 4 nitrogen and oxygen atoms in total. The van der Waals surface area contributed by atoms with Crippen LogP contribution in [0.2, 0.25) is 0 Å². The quantitative estimate of drug-likeness (QED) is 0.592. The van der Waals surface area contributed by atoms with Crippen LogP contribution in [0, 0.1) is 14.0 Å². The minimum atomic E-state index is -0.408. The van der Waals surface area contributed by atoms with Gasteiger partial charge < -0.3 is 16.4 Å². The van der Waals surface area contributed by atoms with Crippen molar-refractivity contribution in [2.45, 2.75) is 41.0 Å². The molecular formula is C11H24O4Y-2. The number of methoxy groups -OCH3 is 1. The van der Waals surface area contributed by atoms with Crippen LogP contribution in [0.5, 0.6) is 0 Å². The molecule has 0 spiro atoms. The molecule has 0 saturated carbocycles. The Hall–Kier alpha value is 0.0439. The standard InChI is InChI=1S/C7H11O4.C2H5.2CH4.Y/c1-10-6(8)4-3-5-7(9)11-2;1-2;;;/h1,3-5H2,2H3;1H2,2H3;2*1H4;/q2*-1;;;. The molecule has 0 aliphatic heterocycles. The van der Waals surface area contributed by atoms with Gasteiger partial charge in [0, 0.05) is 45.6 Å². The summed E-state index contributed by atoms with van der Waals surface area (Å²) in [7, 11) is 4.25. The first-order chi connectivity index (χ1) is 6.20. The average Bonchev–Trinajstić information content (AvgIpc) is 2.20. The normalized spacial score (nSPS) is 6.50. The van der Waals surface area contributed by atoms with Crippen molar-refractivity contribution in [2.75, 3.05) is 7.11 Å². The number of hydrogen-bond acceptors (Lipinski definition) is 4. The smallest absolute Gasteiger partial charge is 0.305 e. The molecule has 16 heavy (non-hydrogen) atoms. The Morgan fingerprint density at radius 1 is 1.06 bits per heavy atom. The maximum atomic E-state index is 10.5. The van der Waals surface area contributed by atoms with Crippen LogP contribution in [0.15, 0.2) is 0 Å². The average molecular weight is 309 g/mol. The van der Waals surface area contributed by atoms with Crippen molar-refractivity contribution in [3.8, 4) is 0 Å². The molecule has 1 radical (unpaired) electrons. The molecule has 0 aliphatic rings. The third-order valence-corrected chi connectivity index (χ3v) is 1.15. The third-order valence-electron chi connectivity index (χ3n) is 1.15. The summed E-state index contributed by atoms with van der Waals surface area (Å²) in [4.78, 5) is 20.9. The van der Waals surface area contributed by atoms with Crippen molar-refractivity contribution in [2.24, 2.45) is 0 Å². The zero-order chi connectivity index (χ0) is 10.7. The first-order valence-corrected chi connectivity index (χ1v) is 3.93. The predicted octanol–water partition coefficient (Wildman–Crippen LogP) is 2.77. The van der Waals surface area contributed by atoms with Crippen LogP contribution in [0.25, 0.3) is 0 Å². The Morgan fingerprint density at radius 3 is 1.75 bits per heavy atom. The third kappa shape index (κ3) is 23.7. The minimum absolute atomic E-state index is 0. The van der Waals surface area contributed by atoms with Crippen LogP contribution in [-0.4, -0.2) is 19.0 Å². The molecule has 0 N–H and O–H groups in total. The van der Waals surface area contributed by atoms with Gasteiger partial charge in [-0.05, 0) is 6.42 Å². The van der Waals surface area contributed by atoms with Gasteiger partial charge in [-0.3, -0.25) is 9.59 Å². The molecule has 0 atom stereocenters. The molecule has 0 rings (SSSR count). The fraction of sp³-hybridized carbons (Fsp3) is 0.636. The van der Waals surface area contributed by atoms with Gasteiger partial charge in [-0.25, -0.2) is 0 Å². The summed E-state index contributed by atoms with van der Waals surface area (Å²) in [5.41, 5.74) is 0. The largest absolute Gasteiger partial charge is 0.640 e. The number of rotatable bonds is 4. The van der Waals surface area contributed by atoms with E-state index < -0.39 is 5.97 Å². The van der Waals surface area contributed by atoms with E-state index in [1.165, 1.54) is 7.11 Å². The summed E-state index contributed by atoms with van der Waals surface area (Å²) >= 11 is 0. The second kappa shape index (κ2) is 24.3. The van der Waals surface area contributed by atoms with Crippen molar-refractivity contribution in [3.63, 3.8) is 0 Å². The molecule has 0 fully saturated rings. The molecule has 0 aromatic heterocycles. The molecule has 0 amide bonds. The predicted molar refractivity (Wildman–Crippen MR) is 61.8 cm³/mol. The zero-order valence-electron chi connectivity index (χ0n) is 8.75. The molecule has 0 unspecified atom stereocenters. The molecule has 0 aliphatic carbocycles. The van der Waals surface area contributed by atoms with Gasteiger partial charge in [0.1, 0.15) is 0 Å². The first kappa shape index (κ1) is 29.8. The SMILES string of the molecule is C.C.[CH2-]C.[CH2-]OC(=O)CCCC(=O)OC.[Y]. The Labute approximate surface area is 125 Å². The fourth-order valence-corrected chi connectivity index (χ4v) is 0.551. The summed E-state index contributed by atoms with van der Waals surface area (Å²) in [6.45, 7) is 5.00. The van der Waals surface area contributed by atoms with Crippen molar-refractivity contribution in [1.29, 1.82) is 0 Å². The Morgan fingerprint density at radius 2 is 1.44 bits per heavy atom. The molecule has 0 saturated heterocycles. The molecule has 97 valence electrons. The van der Waals surface area contributed by atoms with E-state index >= 15 is 0 Å². The molecule has 0 aromatic rings. The summed E-state index contributed by atoms with van der Waals surface area (Å²) in [6, 6.07) is 0. The van der Waals surface area contributed by atoms with E-state index in [9.17, 15) is 9.59 Å². The van der Waals surface area contributed by atoms with Gasteiger partial charge in [-0.15, -0.1) is 0 Å². The first-order valence-electron chi connectivity index (χ1n) is 3.93. The van der Waals surface area contributed by atoms with Gasteiger partial charge in [0.2, 0.25) is 0 Å². The van der Waals surface area contributed by atoms with Crippen LogP contribution in [-0.2, 0) is 51.8 Å². The van der Waals surface area contributed by atoms with E-state index in [2.05, 4.69) is 23.5 Å². The van der Waals surface area contributed by atoms with Crippen LogP contribution >= 0.6 is 0 Å². The molecular weight excluding hydrogens is 285 g/mol. The van der Waals surface area contributed by atoms with E-state index in [4.69, 9.17) is 0 Å². The van der Waals surface area contributed by atoms with E-state index in [0.717, 1.165) is 0 Å². The van der Waals surface area contributed by atoms with Gasteiger partial charge in [0.25, 0.3) is 5.97 Å². The van der Waals surface area contributed by atoms with Gasteiger partial charge >= 0.3 is 5.97 Å². The van der Waals surface area contributed by atoms with Gasteiger partial charge in [-0.1, -0.05) is 14.9 Å². The molecule has 5 heteroatoms. The Bertz CT molecular complexity index is 133. The van der Waals surface area contributed by atoms with Crippen molar-refractivity contribution < 1.29 is 51.8 Å². The second-order valence-corrected chi connectivity index (χ2v) is 1.95.